The van der Waals surface area contributed by atoms with E-state index in [0.717, 1.165) is 0 Å². The highest BCUT2D eigenvalue weighted by Crippen LogP contribution is 2.18. The number of hydrogen-bond donors (Lipinski definition) is 2. The van der Waals surface area contributed by atoms with Crippen LogP contribution in [0.1, 0.15) is 12.8 Å². The van der Waals surface area contributed by atoms with Crippen LogP contribution in [0.2, 0.25) is 0 Å². The van der Waals surface area contributed by atoms with E-state index in [4.69, 9.17) is 9.47 Å². The number of hydrogen-bond acceptors (Lipinski definition) is 6. The molecule has 1 aliphatic carbocycles. The van der Waals surface area contributed by atoms with E-state index in [9.17, 15) is 15.0 Å². The minimum absolute atomic E-state index is 0.128. The molecule has 0 spiro atoms. The zero-order valence-electron chi connectivity index (χ0n) is 9.91. The van der Waals surface area contributed by atoms with Gasteiger partial charge in [-0.15, -0.1) is 0 Å². The molecule has 2 N–H and O–H groups in total. The second-order valence-corrected chi connectivity index (χ2v) is 3.88. The molecule has 17 heavy (non-hydrogen) atoms. The van der Waals surface area contributed by atoms with Gasteiger partial charge in [-0.25, -0.2) is 4.79 Å². The first kappa shape index (κ1) is 14.0. The molecule has 0 aromatic rings. The minimum atomic E-state index is -0.966. The van der Waals surface area contributed by atoms with Gasteiger partial charge in [-0.3, -0.25) is 0 Å². The third-order valence-corrected chi connectivity index (χ3v) is 2.65. The third-order valence-electron chi connectivity index (χ3n) is 2.65. The fourth-order valence-electron chi connectivity index (χ4n) is 1.63. The smallest absolute Gasteiger partial charge is 0.438 e. The highest BCUT2D eigenvalue weighted by atomic mass is 16.7. The van der Waals surface area contributed by atoms with Gasteiger partial charge in [0, 0.05) is 20.0 Å². The fraction of sp³-hybridized carbons (Fsp3) is 0.727. The average Bonchev–Trinajstić information content (AvgIpc) is 2.31. The van der Waals surface area contributed by atoms with E-state index in [1.54, 1.807) is 12.2 Å². The third kappa shape index (κ3) is 4.33. The molecule has 4 unspecified atom stereocenters. The molecule has 6 nitrogen and oxygen atoms in total. The van der Waals surface area contributed by atoms with Gasteiger partial charge in [0.1, 0.15) is 6.10 Å². The largest absolute Gasteiger partial charge is 0.508 e. The summed E-state index contributed by atoms with van der Waals surface area (Å²) in [5, 5.41) is 19.3. The molecular formula is C11H18O6. The van der Waals surface area contributed by atoms with Crippen LogP contribution in [0, 0.1) is 0 Å². The lowest BCUT2D eigenvalue weighted by molar-refractivity contribution is -0.0397. The predicted molar refractivity (Wildman–Crippen MR) is 58.5 cm³/mol. The van der Waals surface area contributed by atoms with E-state index >= 15 is 0 Å². The summed E-state index contributed by atoms with van der Waals surface area (Å²) in [6.07, 6.45) is 0.108. The Hall–Kier alpha value is -1.11. The lowest BCUT2D eigenvalue weighted by atomic mass is 9.97. The summed E-state index contributed by atoms with van der Waals surface area (Å²) in [5.41, 5.74) is 0. The molecule has 1 aliphatic rings. The maximum Gasteiger partial charge on any atom is 0.508 e. The maximum atomic E-state index is 11.0. The number of ether oxygens (including phenoxy) is 3. The molecule has 0 saturated carbocycles. The molecule has 6 heteroatoms. The Bertz CT molecular complexity index is 277. The van der Waals surface area contributed by atoms with E-state index in [0.29, 0.717) is 6.42 Å². The van der Waals surface area contributed by atoms with Crippen molar-refractivity contribution in [3.63, 3.8) is 0 Å². The number of rotatable bonds is 2. The Morgan fingerprint density at radius 1 is 1.12 bits per heavy atom. The Morgan fingerprint density at radius 2 is 1.65 bits per heavy atom. The van der Waals surface area contributed by atoms with E-state index in [-0.39, 0.29) is 12.5 Å². The Kier molecular flexibility index (Phi) is 5.40. The molecule has 0 aromatic carbocycles. The first-order valence-electron chi connectivity index (χ1n) is 5.38. The van der Waals surface area contributed by atoms with E-state index in [1.165, 1.54) is 14.2 Å². The normalized spacial score (nSPS) is 35.5. The van der Waals surface area contributed by atoms with Crippen molar-refractivity contribution in [1.29, 1.82) is 0 Å². The summed E-state index contributed by atoms with van der Waals surface area (Å²) in [6.45, 7) is 0. The van der Waals surface area contributed by atoms with Crippen LogP contribution in [0.25, 0.3) is 0 Å². The molecule has 0 amide bonds. The summed E-state index contributed by atoms with van der Waals surface area (Å²) >= 11 is 0. The van der Waals surface area contributed by atoms with Gasteiger partial charge < -0.3 is 24.4 Å². The molecule has 0 fully saturated rings. The lowest BCUT2D eigenvalue weighted by Crippen LogP contribution is -2.36. The Labute approximate surface area is 99.8 Å². The van der Waals surface area contributed by atoms with Crippen molar-refractivity contribution >= 4 is 6.16 Å². The summed E-state index contributed by atoms with van der Waals surface area (Å²) < 4.78 is 14.4. The predicted octanol–water partition coefficient (Wildman–Crippen LogP) is 0.225. The highest BCUT2D eigenvalue weighted by molar-refractivity contribution is 5.60. The summed E-state index contributed by atoms with van der Waals surface area (Å²) in [5.74, 6) is 0. The highest BCUT2D eigenvalue weighted by Gasteiger charge is 2.27. The number of carbonyl (C=O) groups is 1. The monoisotopic (exact) mass is 246 g/mol. The van der Waals surface area contributed by atoms with E-state index in [2.05, 4.69) is 4.74 Å². The lowest BCUT2D eigenvalue weighted by Gasteiger charge is -2.26. The molecule has 0 aliphatic heterocycles. The van der Waals surface area contributed by atoms with Crippen LogP contribution in [0.3, 0.4) is 0 Å². The second kappa shape index (κ2) is 6.58. The number of aliphatic hydroxyl groups excluding tert-OH is 2. The van der Waals surface area contributed by atoms with Crippen molar-refractivity contribution in [2.75, 3.05) is 14.2 Å². The van der Waals surface area contributed by atoms with Crippen molar-refractivity contribution in [3.8, 4) is 0 Å². The standard InChI is InChI=1S/C11H18O6/c1-15-7-3-4-8(17-11(14)16-2)6-10(13)9(12)5-7/h3-4,7-10,12-13H,5-6H2,1-2H3/b4-3+. The van der Waals surface area contributed by atoms with Crippen molar-refractivity contribution in [3.05, 3.63) is 12.2 Å². The molecule has 0 bridgehead atoms. The number of carbonyl (C=O) groups excluding carboxylic acids is 1. The summed E-state index contributed by atoms with van der Waals surface area (Å²) in [6, 6.07) is 0. The summed E-state index contributed by atoms with van der Waals surface area (Å²) in [7, 11) is 2.71. The molecule has 0 radical (unpaired) electrons. The van der Waals surface area contributed by atoms with Gasteiger partial charge in [0.15, 0.2) is 0 Å². The van der Waals surface area contributed by atoms with Crippen LogP contribution in [0.4, 0.5) is 4.79 Å². The molecule has 1 rings (SSSR count). The van der Waals surface area contributed by atoms with Gasteiger partial charge >= 0.3 is 6.16 Å². The average molecular weight is 246 g/mol. The maximum absolute atomic E-state index is 11.0. The zero-order valence-corrected chi connectivity index (χ0v) is 9.91. The Morgan fingerprint density at radius 3 is 2.18 bits per heavy atom. The van der Waals surface area contributed by atoms with E-state index in [1.807, 2.05) is 0 Å². The molecular weight excluding hydrogens is 228 g/mol. The Balaban J connectivity index is 2.69. The van der Waals surface area contributed by atoms with Crippen LogP contribution in [0.15, 0.2) is 12.2 Å². The molecule has 0 heterocycles. The number of methoxy groups -OCH3 is 2. The van der Waals surface area contributed by atoms with Crippen LogP contribution in [-0.4, -0.2) is 55.0 Å². The first-order chi connectivity index (χ1) is 8.06. The van der Waals surface area contributed by atoms with Crippen LogP contribution >= 0.6 is 0 Å². The van der Waals surface area contributed by atoms with Crippen LogP contribution in [-0.2, 0) is 14.2 Å². The first-order valence-corrected chi connectivity index (χ1v) is 5.38. The zero-order chi connectivity index (χ0) is 12.8. The van der Waals surface area contributed by atoms with Gasteiger partial charge in [0.2, 0.25) is 0 Å². The van der Waals surface area contributed by atoms with Gasteiger partial charge in [-0.05, 0) is 6.08 Å². The molecule has 4 atom stereocenters. The van der Waals surface area contributed by atoms with Crippen LogP contribution < -0.4 is 0 Å². The van der Waals surface area contributed by atoms with Gasteiger partial charge in [-0.1, -0.05) is 6.08 Å². The van der Waals surface area contributed by atoms with Crippen molar-refractivity contribution in [1.82, 2.24) is 0 Å². The molecule has 0 saturated heterocycles. The van der Waals surface area contributed by atoms with Gasteiger partial charge in [0.25, 0.3) is 0 Å². The topological polar surface area (TPSA) is 85.2 Å². The second-order valence-electron chi connectivity index (χ2n) is 3.88. The van der Waals surface area contributed by atoms with Crippen LogP contribution in [0.5, 0.6) is 0 Å². The van der Waals surface area contributed by atoms with Gasteiger partial charge in [0.05, 0.1) is 25.4 Å². The SMILES string of the molecule is COC(=O)OC1/C=C/C(OC)CC(O)C(O)C1. The molecule has 98 valence electrons. The van der Waals surface area contributed by atoms with Crippen molar-refractivity contribution in [2.45, 2.75) is 37.3 Å². The minimum Gasteiger partial charge on any atom is -0.438 e. The number of aliphatic hydroxyl groups is 2. The summed E-state index contributed by atoms with van der Waals surface area (Å²) in [4.78, 5) is 11.0. The van der Waals surface area contributed by atoms with Crippen molar-refractivity contribution < 1.29 is 29.2 Å². The van der Waals surface area contributed by atoms with E-state index < -0.39 is 24.5 Å². The molecule has 0 aromatic heterocycles. The fourth-order valence-corrected chi connectivity index (χ4v) is 1.63. The quantitative estimate of drug-likeness (QED) is 0.535. The van der Waals surface area contributed by atoms with Gasteiger partial charge in [-0.2, -0.15) is 0 Å². The van der Waals surface area contributed by atoms with Crippen molar-refractivity contribution in [2.24, 2.45) is 0 Å².